The number of nitrogen functional groups attached to an aromatic ring is 1. The number of carbonyl (C=O) groups is 3. The molecule has 1 heterocycles. The molecule has 2 aromatic rings. The Hall–Kier alpha value is -3.01. The number of nitrogens with zero attached hydrogens (tertiary/aromatic N) is 2. The van der Waals surface area contributed by atoms with Gasteiger partial charge in [-0.2, -0.15) is 4.37 Å². The van der Waals surface area contributed by atoms with E-state index in [1.165, 1.54) is 23.1 Å². The number of anilines is 2. The number of benzene rings is 1. The monoisotopic (exact) mass is 447 g/mol. The molecule has 3 amide bonds. The van der Waals surface area contributed by atoms with Gasteiger partial charge < -0.3 is 16.8 Å². The second-order valence-electron chi connectivity index (χ2n) is 7.59. The first-order valence-electron chi connectivity index (χ1n) is 10.3. The van der Waals surface area contributed by atoms with Crippen LogP contribution in [-0.4, -0.2) is 34.2 Å². The van der Waals surface area contributed by atoms with Crippen LogP contribution in [0.15, 0.2) is 24.3 Å². The lowest BCUT2D eigenvalue weighted by atomic mass is 10.1. The summed E-state index contributed by atoms with van der Waals surface area (Å²) in [4.78, 5) is 39.5. The molecule has 0 radical (unpaired) electrons. The zero-order valence-corrected chi connectivity index (χ0v) is 18.1. The standard InChI is InChI=1S/C21H26FN5O3S/c1-2-6-15(20(29)25-13-8-3-4-9-13)27(14-10-5-7-12(22)11-14)21(30)18-16(23)17(19(24)28)26-31-18/h5,7,10-11,13,15H,2-4,6,8-9,23H2,1H3,(H2,24,28)(H,25,29)/t15-/m0/s1. The summed E-state index contributed by atoms with van der Waals surface area (Å²) in [6.07, 6.45) is 4.85. The van der Waals surface area contributed by atoms with Crippen molar-refractivity contribution in [1.82, 2.24) is 9.69 Å². The third-order valence-corrected chi connectivity index (χ3v) is 6.19. The minimum atomic E-state index is -0.876. The van der Waals surface area contributed by atoms with E-state index in [2.05, 4.69) is 9.69 Å². The number of hydrogen-bond donors (Lipinski definition) is 3. The van der Waals surface area contributed by atoms with Crippen LogP contribution in [0.2, 0.25) is 0 Å². The Bertz CT molecular complexity index is 974. The van der Waals surface area contributed by atoms with Crippen LogP contribution in [0, 0.1) is 5.82 Å². The summed E-state index contributed by atoms with van der Waals surface area (Å²) in [7, 11) is 0. The second kappa shape index (κ2) is 9.86. The van der Waals surface area contributed by atoms with Gasteiger partial charge in [0.25, 0.3) is 11.8 Å². The summed E-state index contributed by atoms with van der Waals surface area (Å²) in [5, 5.41) is 3.03. The quantitative estimate of drug-likeness (QED) is 0.573. The van der Waals surface area contributed by atoms with Crippen molar-refractivity contribution in [3.8, 4) is 0 Å². The number of nitrogens with two attached hydrogens (primary N) is 2. The Labute approximate surface area is 184 Å². The summed E-state index contributed by atoms with van der Waals surface area (Å²) in [6, 6.07) is 4.65. The van der Waals surface area contributed by atoms with Gasteiger partial charge in [0.05, 0.1) is 5.69 Å². The molecule has 1 saturated carbocycles. The van der Waals surface area contributed by atoms with Crippen LogP contribution in [0.3, 0.4) is 0 Å². The maximum atomic E-state index is 14.0. The topological polar surface area (TPSA) is 131 Å². The lowest BCUT2D eigenvalue weighted by Gasteiger charge is -2.31. The van der Waals surface area contributed by atoms with Crippen molar-refractivity contribution in [2.24, 2.45) is 5.73 Å². The summed E-state index contributed by atoms with van der Waals surface area (Å²) >= 11 is 0.727. The smallest absolute Gasteiger partial charge is 0.272 e. The van der Waals surface area contributed by atoms with Gasteiger partial charge in [0.1, 0.15) is 16.7 Å². The van der Waals surface area contributed by atoms with Crippen LogP contribution < -0.4 is 21.7 Å². The fraction of sp³-hybridized carbons (Fsp3) is 0.429. The van der Waals surface area contributed by atoms with Crippen molar-refractivity contribution < 1.29 is 18.8 Å². The van der Waals surface area contributed by atoms with Gasteiger partial charge in [-0.25, -0.2) is 4.39 Å². The van der Waals surface area contributed by atoms with Crippen molar-refractivity contribution in [2.45, 2.75) is 57.5 Å². The van der Waals surface area contributed by atoms with Gasteiger partial charge in [-0.1, -0.05) is 32.3 Å². The highest BCUT2D eigenvalue weighted by atomic mass is 32.1. The molecule has 1 aromatic heterocycles. The van der Waals surface area contributed by atoms with E-state index in [9.17, 15) is 18.8 Å². The molecule has 0 unspecified atom stereocenters. The lowest BCUT2D eigenvalue weighted by molar-refractivity contribution is -0.123. The van der Waals surface area contributed by atoms with Crippen LogP contribution in [0.25, 0.3) is 0 Å². The molecule has 0 bridgehead atoms. The van der Waals surface area contributed by atoms with Gasteiger partial charge in [-0.3, -0.25) is 19.3 Å². The number of hydrogen-bond acceptors (Lipinski definition) is 6. The van der Waals surface area contributed by atoms with Gasteiger partial charge >= 0.3 is 0 Å². The largest absolute Gasteiger partial charge is 0.395 e. The fourth-order valence-corrected chi connectivity index (χ4v) is 4.56. The molecule has 3 rings (SSSR count). The second-order valence-corrected chi connectivity index (χ2v) is 8.36. The van der Waals surface area contributed by atoms with E-state index in [4.69, 9.17) is 11.5 Å². The third kappa shape index (κ3) is 5.01. The van der Waals surface area contributed by atoms with E-state index < -0.39 is 23.7 Å². The summed E-state index contributed by atoms with van der Waals surface area (Å²) < 4.78 is 17.9. The zero-order chi connectivity index (χ0) is 22.5. The predicted molar refractivity (Wildman–Crippen MR) is 117 cm³/mol. The average molecular weight is 448 g/mol. The molecule has 0 spiro atoms. The van der Waals surface area contributed by atoms with Crippen LogP contribution in [0.4, 0.5) is 15.8 Å². The van der Waals surface area contributed by atoms with Gasteiger partial charge in [0, 0.05) is 11.7 Å². The van der Waals surface area contributed by atoms with Crippen LogP contribution in [-0.2, 0) is 4.79 Å². The Morgan fingerprint density at radius 3 is 2.61 bits per heavy atom. The molecule has 0 aliphatic heterocycles. The summed E-state index contributed by atoms with van der Waals surface area (Å²) in [5.74, 6) is -2.33. The first-order chi connectivity index (χ1) is 14.8. The normalized spacial score (nSPS) is 14.9. The van der Waals surface area contributed by atoms with Crippen molar-refractivity contribution >= 4 is 40.6 Å². The highest BCUT2D eigenvalue weighted by Crippen LogP contribution is 2.29. The molecule has 1 aliphatic carbocycles. The van der Waals surface area contributed by atoms with E-state index >= 15 is 0 Å². The lowest BCUT2D eigenvalue weighted by Crippen LogP contribution is -2.51. The summed E-state index contributed by atoms with van der Waals surface area (Å²) in [6.45, 7) is 1.90. The molecule has 1 fully saturated rings. The van der Waals surface area contributed by atoms with Gasteiger partial charge in [0.2, 0.25) is 5.91 Å². The predicted octanol–water partition coefficient (Wildman–Crippen LogP) is 2.84. The van der Waals surface area contributed by atoms with Gasteiger partial charge in [-0.15, -0.1) is 0 Å². The number of amides is 3. The number of carbonyl (C=O) groups excluding carboxylic acids is 3. The van der Waals surface area contributed by atoms with E-state index in [-0.39, 0.29) is 33.9 Å². The molecule has 1 atom stereocenters. The maximum absolute atomic E-state index is 14.0. The molecule has 166 valence electrons. The molecule has 10 heteroatoms. The van der Waals surface area contributed by atoms with Gasteiger partial charge in [-0.05, 0) is 49.0 Å². The first-order valence-corrected chi connectivity index (χ1v) is 11.0. The molecule has 0 saturated heterocycles. The molecule has 1 aliphatic rings. The number of aromatic nitrogens is 1. The van der Waals surface area contributed by atoms with Crippen LogP contribution in [0.1, 0.15) is 65.6 Å². The molecule has 5 N–H and O–H groups in total. The molecular weight excluding hydrogens is 421 g/mol. The number of nitrogens with one attached hydrogen (secondary N) is 1. The van der Waals surface area contributed by atoms with Crippen LogP contribution in [0.5, 0.6) is 0 Å². The number of rotatable bonds is 8. The minimum Gasteiger partial charge on any atom is -0.395 e. The van der Waals surface area contributed by atoms with E-state index in [1.54, 1.807) is 6.07 Å². The Morgan fingerprint density at radius 2 is 2.03 bits per heavy atom. The fourth-order valence-electron chi connectivity index (χ4n) is 3.82. The third-order valence-electron chi connectivity index (χ3n) is 5.34. The number of primary amides is 1. The number of halogens is 1. The van der Waals surface area contributed by atoms with Crippen molar-refractivity contribution in [3.63, 3.8) is 0 Å². The van der Waals surface area contributed by atoms with E-state index in [0.717, 1.165) is 37.2 Å². The zero-order valence-electron chi connectivity index (χ0n) is 17.3. The van der Waals surface area contributed by atoms with Crippen molar-refractivity contribution in [2.75, 3.05) is 10.6 Å². The molecular formula is C21H26FN5O3S. The first kappa shape index (κ1) is 22.7. The maximum Gasteiger partial charge on any atom is 0.272 e. The average Bonchev–Trinajstić information content (AvgIpc) is 3.37. The Morgan fingerprint density at radius 1 is 1.32 bits per heavy atom. The molecule has 31 heavy (non-hydrogen) atoms. The molecule has 1 aromatic carbocycles. The Balaban J connectivity index is 2.02. The minimum absolute atomic E-state index is 0.0205. The highest BCUT2D eigenvalue weighted by Gasteiger charge is 2.35. The van der Waals surface area contributed by atoms with Crippen LogP contribution >= 0.6 is 11.5 Å². The SMILES string of the molecule is CCC[C@@H](C(=O)NC1CCCC1)N(C(=O)c1snc(C(N)=O)c1N)c1cccc(F)c1. The Kier molecular flexibility index (Phi) is 7.21. The highest BCUT2D eigenvalue weighted by molar-refractivity contribution is 7.09. The van der Waals surface area contributed by atoms with Gasteiger partial charge in [0.15, 0.2) is 5.69 Å². The van der Waals surface area contributed by atoms with E-state index in [1.807, 2.05) is 6.92 Å². The van der Waals surface area contributed by atoms with Crippen molar-refractivity contribution in [1.29, 1.82) is 0 Å². The molecule has 8 nitrogen and oxygen atoms in total. The van der Waals surface area contributed by atoms with Crippen molar-refractivity contribution in [3.05, 3.63) is 40.7 Å². The summed E-state index contributed by atoms with van der Waals surface area (Å²) in [5.41, 5.74) is 11.1. The van der Waals surface area contributed by atoms with E-state index in [0.29, 0.717) is 12.8 Å².